The molecule has 0 saturated heterocycles. The Balaban J connectivity index is 2.33. The van der Waals surface area contributed by atoms with Crippen LogP contribution in [0, 0.1) is 16.0 Å². The first-order chi connectivity index (χ1) is 9.88. The third kappa shape index (κ3) is 3.25. The number of nitrogens with one attached hydrogen (secondary N) is 1. The third-order valence-electron chi connectivity index (χ3n) is 3.12. The highest BCUT2D eigenvalue weighted by molar-refractivity contribution is 5.83. The van der Waals surface area contributed by atoms with Crippen LogP contribution in [0.4, 0.5) is 11.5 Å². The number of carboxylic acids is 1. The number of aromatic nitrogens is 1. The van der Waals surface area contributed by atoms with Crippen LogP contribution in [0.3, 0.4) is 0 Å². The maximum Gasteiger partial charge on any atom is 0.326 e. The summed E-state index contributed by atoms with van der Waals surface area (Å²) in [4.78, 5) is 25.7. The Morgan fingerprint density at radius 2 is 2.05 bits per heavy atom. The van der Waals surface area contributed by atoms with Gasteiger partial charge < -0.3 is 10.4 Å². The smallest absolute Gasteiger partial charge is 0.326 e. The number of fused-ring (bicyclic) bond motifs is 1. The molecule has 0 spiro atoms. The van der Waals surface area contributed by atoms with Crippen LogP contribution in [0.5, 0.6) is 0 Å². The largest absolute Gasteiger partial charge is 0.480 e. The molecule has 1 aromatic carbocycles. The number of carbonyl (C=O) groups is 1. The van der Waals surface area contributed by atoms with Crippen molar-refractivity contribution in [2.24, 2.45) is 5.92 Å². The van der Waals surface area contributed by atoms with Crippen LogP contribution in [0.2, 0.25) is 0 Å². The molecular weight excluding hydrogens is 274 g/mol. The zero-order valence-electron chi connectivity index (χ0n) is 11.6. The molecule has 1 atom stereocenters. The minimum atomic E-state index is -0.949. The fraction of sp³-hybridized carbons (Fsp3) is 0.286. The molecule has 2 aromatic rings. The molecule has 0 unspecified atom stereocenters. The summed E-state index contributed by atoms with van der Waals surface area (Å²) < 4.78 is 0. The van der Waals surface area contributed by atoms with E-state index in [1.807, 2.05) is 0 Å². The van der Waals surface area contributed by atoms with E-state index in [2.05, 4.69) is 10.3 Å². The van der Waals surface area contributed by atoms with Crippen LogP contribution in [-0.2, 0) is 4.79 Å². The number of hydrogen-bond acceptors (Lipinski definition) is 5. The van der Waals surface area contributed by atoms with Gasteiger partial charge in [0.2, 0.25) is 0 Å². The van der Waals surface area contributed by atoms with E-state index in [1.54, 1.807) is 32.0 Å². The van der Waals surface area contributed by atoms with Crippen molar-refractivity contribution in [1.82, 2.24) is 4.98 Å². The molecular formula is C14H15N3O4. The van der Waals surface area contributed by atoms with Gasteiger partial charge in [0.25, 0.3) is 5.69 Å². The molecule has 0 radical (unpaired) electrons. The second-order valence-corrected chi connectivity index (χ2v) is 5.03. The summed E-state index contributed by atoms with van der Waals surface area (Å²) in [5.74, 6) is -0.620. The van der Waals surface area contributed by atoms with Crippen molar-refractivity contribution in [3.05, 3.63) is 40.4 Å². The quantitative estimate of drug-likeness (QED) is 0.647. The van der Waals surface area contributed by atoms with E-state index in [0.29, 0.717) is 16.7 Å². The SMILES string of the molecule is CC(C)[C@H](Nc1ccc2cc([N+](=O)[O-])ccc2n1)C(=O)O. The highest BCUT2D eigenvalue weighted by Gasteiger charge is 2.21. The number of non-ortho nitro benzene ring substituents is 1. The van der Waals surface area contributed by atoms with Crippen LogP contribution < -0.4 is 5.32 Å². The van der Waals surface area contributed by atoms with Crippen molar-refractivity contribution in [2.75, 3.05) is 5.32 Å². The molecule has 1 aromatic heterocycles. The van der Waals surface area contributed by atoms with Gasteiger partial charge in [-0.25, -0.2) is 9.78 Å². The number of nitrogens with zero attached hydrogens (tertiary/aromatic N) is 2. The number of rotatable bonds is 5. The molecule has 7 heteroatoms. The van der Waals surface area contributed by atoms with Gasteiger partial charge in [0, 0.05) is 17.5 Å². The number of nitro benzene ring substituents is 1. The van der Waals surface area contributed by atoms with E-state index in [4.69, 9.17) is 5.11 Å². The van der Waals surface area contributed by atoms with E-state index in [1.165, 1.54) is 12.1 Å². The van der Waals surface area contributed by atoms with Gasteiger partial charge >= 0.3 is 5.97 Å². The molecule has 1 heterocycles. The molecule has 0 amide bonds. The molecule has 21 heavy (non-hydrogen) atoms. The first-order valence-electron chi connectivity index (χ1n) is 6.43. The molecule has 7 nitrogen and oxygen atoms in total. The molecule has 2 rings (SSSR count). The van der Waals surface area contributed by atoms with Crippen molar-refractivity contribution in [3.8, 4) is 0 Å². The predicted molar refractivity (Wildman–Crippen MR) is 78.3 cm³/mol. The maximum atomic E-state index is 11.2. The predicted octanol–water partition coefficient (Wildman–Crippen LogP) is 2.66. The van der Waals surface area contributed by atoms with Crippen LogP contribution >= 0.6 is 0 Å². The van der Waals surface area contributed by atoms with Gasteiger partial charge in [-0.2, -0.15) is 0 Å². The number of hydrogen-bond donors (Lipinski definition) is 2. The number of nitro groups is 1. The molecule has 0 aliphatic carbocycles. The van der Waals surface area contributed by atoms with Crippen LogP contribution in [-0.4, -0.2) is 27.0 Å². The second-order valence-electron chi connectivity index (χ2n) is 5.03. The minimum absolute atomic E-state index is 0.00407. The molecule has 0 fully saturated rings. The lowest BCUT2D eigenvalue weighted by molar-refractivity contribution is -0.384. The van der Waals surface area contributed by atoms with Crippen molar-refractivity contribution in [2.45, 2.75) is 19.9 Å². The first kappa shape index (κ1) is 14.7. The zero-order valence-corrected chi connectivity index (χ0v) is 11.6. The highest BCUT2D eigenvalue weighted by atomic mass is 16.6. The van der Waals surface area contributed by atoms with Gasteiger partial charge in [-0.15, -0.1) is 0 Å². The normalized spacial score (nSPS) is 12.3. The van der Waals surface area contributed by atoms with Crippen LogP contribution in [0.15, 0.2) is 30.3 Å². The Kier molecular flexibility index (Phi) is 4.02. The summed E-state index contributed by atoms with van der Waals surface area (Å²) in [6.45, 7) is 3.60. The molecule has 0 saturated carbocycles. The van der Waals surface area contributed by atoms with E-state index in [0.717, 1.165) is 0 Å². The van der Waals surface area contributed by atoms with Crippen molar-refractivity contribution in [3.63, 3.8) is 0 Å². The summed E-state index contributed by atoms with van der Waals surface area (Å²) in [5, 5.41) is 23.4. The van der Waals surface area contributed by atoms with Crippen molar-refractivity contribution in [1.29, 1.82) is 0 Å². The van der Waals surface area contributed by atoms with Gasteiger partial charge in [0.1, 0.15) is 11.9 Å². The fourth-order valence-corrected chi connectivity index (χ4v) is 1.98. The van der Waals surface area contributed by atoms with Crippen molar-refractivity contribution < 1.29 is 14.8 Å². The van der Waals surface area contributed by atoms with E-state index < -0.39 is 16.9 Å². The average Bonchev–Trinajstić information content (AvgIpc) is 2.43. The van der Waals surface area contributed by atoms with Gasteiger partial charge in [-0.3, -0.25) is 10.1 Å². The Labute approximate surface area is 120 Å². The van der Waals surface area contributed by atoms with Gasteiger partial charge in [0.15, 0.2) is 0 Å². The summed E-state index contributed by atoms with van der Waals surface area (Å²) in [6, 6.07) is 6.90. The first-order valence-corrected chi connectivity index (χ1v) is 6.43. The fourth-order valence-electron chi connectivity index (χ4n) is 1.98. The van der Waals surface area contributed by atoms with E-state index in [-0.39, 0.29) is 11.6 Å². The maximum absolute atomic E-state index is 11.2. The lowest BCUT2D eigenvalue weighted by atomic mass is 10.0. The van der Waals surface area contributed by atoms with Crippen LogP contribution in [0.25, 0.3) is 10.9 Å². The second kappa shape index (κ2) is 5.74. The Bertz CT molecular complexity index is 700. The molecule has 110 valence electrons. The molecule has 0 aliphatic heterocycles. The zero-order chi connectivity index (χ0) is 15.6. The number of aliphatic carboxylic acids is 1. The number of carboxylic acid groups (broad SMARTS) is 1. The average molecular weight is 289 g/mol. The van der Waals surface area contributed by atoms with E-state index in [9.17, 15) is 14.9 Å². The highest BCUT2D eigenvalue weighted by Crippen LogP contribution is 2.21. The number of anilines is 1. The molecule has 0 bridgehead atoms. The standard InChI is InChI=1S/C14H15N3O4/c1-8(2)13(14(18)19)16-12-6-3-9-7-10(17(20)21)4-5-11(9)15-12/h3-8,13H,1-2H3,(H,15,16)(H,18,19)/t13-/m0/s1. The Morgan fingerprint density at radius 1 is 1.33 bits per heavy atom. The lowest BCUT2D eigenvalue weighted by Gasteiger charge is -2.18. The monoisotopic (exact) mass is 289 g/mol. The topological polar surface area (TPSA) is 105 Å². The third-order valence-corrected chi connectivity index (χ3v) is 3.12. The van der Waals surface area contributed by atoms with Gasteiger partial charge in [0.05, 0.1) is 10.4 Å². The molecule has 0 aliphatic rings. The Hall–Kier alpha value is -2.70. The minimum Gasteiger partial charge on any atom is -0.480 e. The summed E-state index contributed by atoms with van der Waals surface area (Å²) >= 11 is 0. The molecule has 2 N–H and O–H groups in total. The summed E-state index contributed by atoms with van der Waals surface area (Å²) in [6.07, 6.45) is 0. The van der Waals surface area contributed by atoms with Gasteiger partial charge in [-0.05, 0) is 24.1 Å². The summed E-state index contributed by atoms with van der Waals surface area (Å²) in [5.41, 5.74) is 0.564. The summed E-state index contributed by atoms with van der Waals surface area (Å²) in [7, 11) is 0. The van der Waals surface area contributed by atoms with Crippen LogP contribution in [0.1, 0.15) is 13.8 Å². The van der Waals surface area contributed by atoms with E-state index >= 15 is 0 Å². The number of pyridine rings is 1. The lowest BCUT2D eigenvalue weighted by Crippen LogP contribution is -2.34. The number of benzene rings is 1. The van der Waals surface area contributed by atoms with Gasteiger partial charge in [-0.1, -0.05) is 13.8 Å². The Morgan fingerprint density at radius 3 is 2.62 bits per heavy atom. The van der Waals surface area contributed by atoms with Crippen molar-refractivity contribution >= 4 is 28.4 Å².